The molecular formula is C16H22N4O3S2. The SMILES string of the molecule is Cc1nc(C)c2c(C)c(C(=O)N3CCCN(S(C)(=O)=O)CC3)sc2n1. The van der Waals surface area contributed by atoms with E-state index in [0.717, 1.165) is 21.5 Å². The van der Waals surface area contributed by atoms with E-state index in [4.69, 9.17) is 0 Å². The number of fused-ring (bicyclic) bond motifs is 1. The lowest BCUT2D eigenvalue weighted by molar-refractivity contribution is 0.0768. The van der Waals surface area contributed by atoms with Gasteiger partial charge in [0.05, 0.1) is 11.1 Å². The van der Waals surface area contributed by atoms with Gasteiger partial charge in [-0.1, -0.05) is 0 Å². The molecule has 2 aromatic heterocycles. The zero-order chi connectivity index (χ0) is 18.4. The van der Waals surface area contributed by atoms with Gasteiger partial charge in [-0.3, -0.25) is 4.79 Å². The van der Waals surface area contributed by atoms with Crippen molar-refractivity contribution < 1.29 is 13.2 Å². The summed E-state index contributed by atoms with van der Waals surface area (Å²) in [7, 11) is -3.22. The minimum absolute atomic E-state index is 0.0482. The summed E-state index contributed by atoms with van der Waals surface area (Å²) < 4.78 is 24.9. The van der Waals surface area contributed by atoms with Crippen molar-refractivity contribution >= 4 is 37.5 Å². The van der Waals surface area contributed by atoms with Gasteiger partial charge in [0.2, 0.25) is 10.0 Å². The zero-order valence-electron chi connectivity index (χ0n) is 14.9. The van der Waals surface area contributed by atoms with Crippen LogP contribution in [0.25, 0.3) is 10.2 Å². The fraction of sp³-hybridized carbons (Fsp3) is 0.562. The van der Waals surface area contributed by atoms with Gasteiger partial charge in [0.25, 0.3) is 5.91 Å². The highest BCUT2D eigenvalue weighted by atomic mass is 32.2. The Morgan fingerprint density at radius 3 is 2.48 bits per heavy atom. The molecule has 2 aromatic rings. The number of nitrogens with zero attached hydrogens (tertiary/aromatic N) is 4. The number of rotatable bonds is 2. The van der Waals surface area contributed by atoms with Gasteiger partial charge in [-0.25, -0.2) is 22.7 Å². The maximum Gasteiger partial charge on any atom is 0.264 e. The average Bonchev–Trinajstić information content (AvgIpc) is 2.70. The summed E-state index contributed by atoms with van der Waals surface area (Å²) >= 11 is 1.39. The van der Waals surface area contributed by atoms with Gasteiger partial charge < -0.3 is 4.90 Å². The molecule has 1 aliphatic heterocycles. The van der Waals surface area contributed by atoms with Gasteiger partial charge >= 0.3 is 0 Å². The first-order chi connectivity index (χ1) is 11.7. The Hall–Kier alpha value is -1.58. The minimum Gasteiger partial charge on any atom is -0.337 e. The van der Waals surface area contributed by atoms with Crippen molar-refractivity contribution in [3.63, 3.8) is 0 Å². The van der Waals surface area contributed by atoms with Crippen LogP contribution in [0.4, 0.5) is 0 Å². The van der Waals surface area contributed by atoms with Crippen LogP contribution in [0.15, 0.2) is 0 Å². The first-order valence-electron chi connectivity index (χ1n) is 8.17. The Morgan fingerprint density at radius 1 is 1.08 bits per heavy atom. The maximum absolute atomic E-state index is 13.0. The van der Waals surface area contributed by atoms with Crippen LogP contribution in [-0.2, 0) is 10.0 Å². The number of aryl methyl sites for hydroxylation is 3. The fourth-order valence-electron chi connectivity index (χ4n) is 3.25. The molecule has 3 rings (SSSR count). The van der Waals surface area contributed by atoms with E-state index in [1.807, 2.05) is 20.8 Å². The first-order valence-corrected chi connectivity index (χ1v) is 10.8. The molecule has 0 saturated carbocycles. The summed E-state index contributed by atoms with van der Waals surface area (Å²) in [6.45, 7) is 7.46. The number of amides is 1. The molecule has 0 spiro atoms. The number of carbonyl (C=O) groups is 1. The molecule has 0 aliphatic carbocycles. The molecule has 0 atom stereocenters. The summed E-state index contributed by atoms with van der Waals surface area (Å²) in [5.74, 6) is 0.650. The van der Waals surface area contributed by atoms with Gasteiger partial charge in [0, 0.05) is 37.3 Å². The molecule has 0 aromatic carbocycles. The highest BCUT2D eigenvalue weighted by Crippen LogP contribution is 2.32. The molecule has 1 fully saturated rings. The molecular weight excluding hydrogens is 360 g/mol. The first kappa shape index (κ1) is 18.2. The van der Waals surface area contributed by atoms with Crippen molar-refractivity contribution in [1.29, 1.82) is 0 Å². The molecule has 1 amide bonds. The number of aromatic nitrogens is 2. The monoisotopic (exact) mass is 382 g/mol. The van der Waals surface area contributed by atoms with Crippen LogP contribution < -0.4 is 0 Å². The molecule has 0 radical (unpaired) electrons. The van der Waals surface area contributed by atoms with Gasteiger partial charge in [-0.2, -0.15) is 0 Å². The summed E-state index contributed by atoms with van der Waals surface area (Å²) in [6, 6.07) is 0. The normalized spacial score (nSPS) is 17.0. The summed E-state index contributed by atoms with van der Waals surface area (Å²) in [5.41, 5.74) is 1.79. The third-order valence-electron chi connectivity index (χ3n) is 4.49. The lowest BCUT2D eigenvalue weighted by Crippen LogP contribution is -2.36. The van der Waals surface area contributed by atoms with Crippen molar-refractivity contribution in [2.75, 3.05) is 32.4 Å². The molecule has 136 valence electrons. The van der Waals surface area contributed by atoms with Crippen molar-refractivity contribution in [2.45, 2.75) is 27.2 Å². The Bertz CT molecular complexity index is 936. The Labute approximate surface area is 151 Å². The molecule has 0 bridgehead atoms. The van der Waals surface area contributed by atoms with E-state index in [1.165, 1.54) is 21.9 Å². The molecule has 9 heteroatoms. The van der Waals surface area contributed by atoms with Crippen LogP contribution in [0.1, 0.15) is 33.2 Å². The third kappa shape index (κ3) is 3.54. The lowest BCUT2D eigenvalue weighted by atomic mass is 10.1. The van der Waals surface area contributed by atoms with Crippen LogP contribution in [-0.4, -0.2) is 65.9 Å². The highest BCUT2D eigenvalue weighted by Gasteiger charge is 2.27. The molecule has 0 unspecified atom stereocenters. The van der Waals surface area contributed by atoms with Crippen molar-refractivity contribution in [3.8, 4) is 0 Å². The van der Waals surface area contributed by atoms with Gasteiger partial charge in [0.15, 0.2) is 0 Å². The van der Waals surface area contributed by atoms with Crippen LogP contribution in [0.3, 0.4) is 0 Å². The smallest absolute Gasteiger partial charge is 0.264 e. The van der Waals surface area contributed by atoms with Crippen molar-refractivity contribution in [2.24, 2.45) is 0 Å². The Kier molecular flexibility index (Phi) is 4.82. The molecule has 0 N–H and O–H groups in total. The second kappa shape index (κ2) is 6.62. The van der Waals surface area contributed by atoms with Crippen LogP contribution in [0.2, 0.25) is 0 Å². The van der Waals surface area contributed by atoms with E-state index in [-0.39, 0.29) is 5.91 Å². The summed E-state index contributed by atoms with van der Waals surface area (Å²) in [6.07, 6.45) is 1.85. The van der Waals surface area contributed by atoms with Gasteiger partial charge in [-0.05, 0) is 32.8 Å². The maximum atomic E-state index is 13.0. The summed E-state index contributed by atoms with van der Waals surface area (Å²) in [5, 5.41) is 0.950. The number of carbonyl (C=O) groups excluding carboxylic acids is 1. The van der Waals surface area contributed by atoms with E-state index in [2.05, 4.69) is 9.97 Å². The van der Waals surface area contributed by atoms with Crippen LogP contribution >= 0.6 is 11.3 Å². The molecule has 1 saturated heterocycles. The van der Waals surface area contributed by atoms with Crippen molar-refractivity contribution in [1.82, 2.24) is 19.2 Å². The average molecular weight is 383 g/mol. The number of sulfonamides is 1. The van der Waals surface area contributed by atoms with Gasteiger partial charge in [-0.15, -0.1) is 11.3 Å². The summed E-state index contributed by atoms with van der Waals surface area (Å²) in [4.78, 5) is 25.1. The number of hydrogen-bond acceptors (Lipinski definition) is 6. The number of thiophene rings is 1. The van der Waals surface area contributed by atoms with Crippen molar-refractivity contribution in [3.05, 3.63) is 22.0 Å². The zero-order valence-corrected chi connectivity index (χ0v) is 16.5. The molecule has 3 heterocycles. The quantitative estimate of drug-likeness (QED) is 0.790. The second-order valence-electron chi connectivity index (χ2n) is 6.40. The minimum atomic E-state index is -3.22. The van der Waals surface area contributed by atoms with E-state index in [0.29, 0.717) is 43.3 Å². The van der Waals surface area contributed by atoms with E-state index < -0.39 is 10.0 Å². The molecule has 1 aliphatic rings. The van der Waals surface area contributed by atoms with Gasteiger partial charge in [0.1, 0.15) is 10.7 Å². The van der Waals surface area contributed by atoms with Crippen LogP contribution in [0.5, 0.6) is 0 Å². The Morgan fingerprint density at radius 2 is 1.80 bits per heavy atom. The fourth-order valence-corrected chi connectivity index (χ4v) is 5.37. The molecule has 25 heavy (non-hydrogen) atoms. The molecule has 7 nitrogen and oxygen atoms in total. The lowest BCUT2D eigenvalue weighted by Gasteiger charge is -2.20. The van der Waals surface area contributed by atoms with E-state index >= 15 is 0 Å². The highest BCUT2D eigenvalue weighted by molar-refractivity contribution is 7.88. The largest absolute Gasteiger partial charge is 0.337 e. The predicted octanol–water partition coefficient (Wildman–Crippen LogP) is 1.72. The number of hydrogen-bond donors (Lipinski definition) is 0. The predicted molar refractivity (Wildman–Crippen MR) is 98.6 cm³/mol. The topological polar surface area (TPSA) is 83.5 Å². The third-order valence-corrected chi connectivity index (χ3v) is 6.97. The van der Waals surface area contributed by atoms with E-state index in [1.54, 1.807) is 4.90 Å². The second-order valence-corrected chi connectivity index (χ2v) is 9.38. The van der Waals surface area contributed by atoms with Crippen LogP contribution in [0, 0.1) is 20.8 Å². The Balaban J connectivity index is 1.90. The van der Waals surface area contributed by atoms with E-state index in [9.17, 15) is 13.2 Å². The standard InChI is InChI=1S/C16H22N4O3S2/c1-10-13-11(2)17-12(3)18-15(13)24-14(10)16(21)19-6-5-7-20(9-8-19)25(4,22)23/h5-9H2,1-4H3.